The van der Waals surface area contributed by atoms with Crippen LogP contribution in [0.1, 0.15) is 13.3 Å². The third-order valence-electron chi connectivity index (χ3n) is 1.35. The van der Waals surface area contributed by atoms with Gasteiger partial charge in [-0.25, -0.2) is 10.1 Å². The van der Waals surface area contributed by atoms with Crippen molar-refractivity contribution in [2.75, 3.05) is 0 Å². The predicted molar refractivity (Wildman–Crippen MR) is 40.8 cm³/mol. The van der Waals surface area contributed by atoms with Gasteiger partial charge in [0.05, 0.1) is 0 Å². The Kier molecular flexibility index (Phi) is 3.70. The van der Waals surface area contributed by atoms with Crippen molar-refractivity contribution in [3.05, 3.63) is 12.4 Å². The van der Waals surface area contributed by atoms with Gasteiger partial charge in [-0.2, -0.15) is 0 Å². The molecule has 0 unspecified atom stereocenters. The summed E-state index contributed by atoms with van der Waals surface area (Å²) in [6.07, 6.45) is 3.20. The van der Waals surface area contributed by atoms with Crippen molar-refractivity contribution in [3.8, 4) is 0 Å². The van der Waals surface area contributed by atoms with Gasteiger partial charge in [0.15, 0.2) is 6.17 Å². The van der Waals surface area contributed by atoms with Crippen LogP contribution in [0.3, 0.4) is 0 Å². The molecule has 1 rings (SSSR count). The lowest BCUT2D eigenvalue weighted by Crippen LogP contribution is -2.33. The van der Waals surface area contributed by atoms with Crippen molar-refractivity contribution >= 4 is 17.0 Å². The molecule has 0 saturated carbocycles. The van der Waals surface area contributed by atoms with E-state index in [1.165, 1.54) is 12.4 Å². The maximum absolute atomic E-state index is 8.90. The highest BCUT2D eigenvalue weighted by molar-refractivity contribution is 8.93. The average molecular weight is 211 g/mol. The Morgan fingerprint density at radius 3 is 1.90 bits per heavy atom. The van der Waals surface area contributed by atoms with E-state index in [1.54, 1.807) is 0 Å². The number of rotatable bonds is 1. The van der Waals surface area contributed by atoms with Crippen LogP contribution in [0.5, 0.6) is 0 Å². The summed E-state index contributed by atoms with van der Waals surface area (Å²) in [5, 5.41) is 19.8. The minimum atomic E-state index is -0.301. The Morgan fingerprint density at radius 2 is 1.70 bits per heavy atom. The Bertz CT molecular complexity index is 119. The number of hydroxylamine groups is 4. The van der Waals surface area contributed by atoms with Crippen molar-refractivity contribution in [1.29, 1.82) is 0 Å². The molecule has 1 heterocycles. The number of hydrogen-bond acceptors (Lipinski definition) is 4. The predicted octanol–water partition coefficient (Wildman–Crippen LogP) is 1.17. The second-order valence-electron chi connectivity index (χ2n) is 1.95. The molecule has 0 amide bonds. The maximum Gasteiger partial charge on any atom is 0.150 e. The second kappa shape index (κ2) is 3.80. The molecule has 0 aliphatic carbocycles. The zero-order valence-electron chi connectivity index (χ0n) is 5.64. The van der Waals surface area contributed by atoms with Crippen molar-refractivity contribution in [2.45, 2.75) is 19.5 Å². The Hall–Kier alpha value is -0.260. The fraction of sp³-hybridized carbons (Fsp3) is 0.600. The zero-order valence-corrected chi connectivity index (χ0v) is 7.35. The summed E-state index contributed by atoms with van der Waals surface area (Å²) >= 11 is 0. The molecular formula is C5H11BrN2O2. The molecule has 0 fully saturated rings. The van der Waals surface area contributed by atoms with Gasteiger partial charge in [-0.1, -0.05) is 6.92 Å². The molecule has 0 saturated heterocycles. The van der Waals surface area contributed by atoms with Gasteiger partial charge in [0, 0.05) is 12.4 Å². The van der Waals surface area contributed by atoms with Crippen molar-refractivity contribution in [1.82, 2.24) is 10.1 Å². The first-order valence-electron chi connectivity index (χ1n) is 2.88. The molecule has 2 N–H and O–H groups in total. The molecule has 0 spiro atoms. The Labute approximate surface area is 70.0 Å². The van der Waals surface area contributed by atoms with Gasteiger partial charge in [0.1, 0.15) is 0 Å². The van der Waals surface area contributed by atoms with Gasteiger partial charge in [0.2, 0.25) is 0 Å². The van der Waals surface area contributed by atoms with Crippen LogP contribution >= 0.6 is 17.0 Å². The monoisotopic (exact) mass is 210 g/mol. The van der Waals surface area contributed by atoms with E-state index in [0.717, 1.165) is 10.1 Å². The first kappa shape index (κ1) is 9.74. The van der Waals surface area contributed by atoms with Gasteiger partial charge in [-0.3, -0.25) is 10.4 Å². The van der Waals surface area contributed by atoms with Gasteiger partial charge >= 0.3 is 0 Å². The molecule has 0 bridgehead atoms. The topological polar surface area (TPSA) is 46.9 Å². The molecule has 0 atom stereocenters. The zero-order chi connectivity index (χ0) is 6.85. The molecule has 1 aliphatic heterocycles. The van der Waals surface area contributed by atoms with Crippen LogP contribution < -0.4 is 0 Å². The normalized spacial score (nSPS) is 17.9. The van der Waals surface area contributed by atoms with E-state index in [4.69, 9.17) is 10.4 Å². The van der Waals surface area contributed by atoms with E-state index in [9.17, 15) is 0 Å². The Morgan fingerprint density at radius 1 is 1.30 bits per heavy atom. The van der Waals surface area contributed by atoms with Gasteiger partial charge in [-0.05, 0) is 6.42 Å². The smallest absolute Gasteiger partial charge is 0.150 e. The summed E-state index contributed by atoms with van der Waals surface area (Å²) < 4.78 is 0. The number of nitrogens with zero attached hydrogens (tertiary/aromatic N) is 2. The molecule has 0 aromatic rings. The van der Waals surface area contributed by atoms with Crippen molar-refractivity contribution < 1.29 is 10.4 Å². The van der Waals surface area contributed by atoms with Gasteiger partial charge in [-0.15, -0.1) is 17.0 Å². The van der Waals surface area contributed by atoms with Crippen LogP contribution in [-0.4, -0.2) is 26.7 Å². The van der Waals surface area contributed by atoms with E-state index >= 15 is 0 Å². The largest absolute Gasteiger partial charge is 0.287 e. The molecule has 4 nitrogen and oxygen atoms in total. The fourth-order valence-electron chi connectivity index (χ4n) is 0.831. The van der Waals surface area contributed by atoms with E-state index < -0.39 is 0 Å². The highest BCUT2D eigenvalue weighted by Crippen LogP contribution is 2.12. The van der Waals surface area contributed by atoms with Crippen molar-refractivity contribution in [3.63, 3.8) is 0 Å². The fourth-order valence-corrected chi connectivity index (χ4v) is 0.831. The lowest BCUT2D eigenvalue weighted by atomic mass is 10.4. The molecular weight excluding hydrogens is 200 g/mol. The summed E-state index contributed by atoms with van der Waals surface area (Å²) in [4.78, 5) is 0. The minimum Gasteiger partial charge on any atom is -0.287 e. The third-order valence-corrected chi connectivity index (χ3v) is 1.35. The number of hydrogen-bond donors (Lipinski definition) is 2. The van der Waals surface area contributed by atoms with Crippen LogP contribution in [0.4, 0.5) is 0 Å². The standard InChI is InChI=1S/C5H10N2O2.BrH/c1-2-5-6(8)3-4-7(5)9;/h3-5,8-9H,2H2,1H3;1H. The van der Waals surface area contributed by atoms with Crippen LogP contribution in [0.2, 0.25) is 0 Å². The van der Waals surface area contributed by atoms with Crippen LogP contribution in [-0.2, 0) is 0 Å². The third kappa shape index (κ3) is 1.62. The van der Waals surface area contributed by atoms with Crippen LogP contribution in [0, 0.1) is 0 Å². The van der Waals surface area contributed by atoms with E-state index in [2.05, 4.69) is 0 Å². The van der Waals surface area contributed by atoms with E-state index in [-0.39, 0.29) is 23.1 Å². The molecule has 0 radical (unpaired) electrons. The van der Waals surface area contributed by atoms with Crippen LogP contribution in [0.25, 0.3) is 0 Å². The first-order valence-corrected chi connectivity index (χ1v) is 2.88. The quantitative estimate of drug-likeness (QED) is 0.683. The van der Waals surface area contributed by atoms with Gasteiger partial charge in [0.25, 0.3) is 0 Å². The lowest BCUT2D eigenvalue weighted by molar-refractivity contribution is -0.184. The Balaban J connectivity index is 0.000000810. The van der Waals surface area contributed by atoms with E-state index in [0.29, 0.717) is 6.42 Å². The lowest BCUT2D eigenvalue weighted by Gasteiger charge is -2.21. The van der Waals surface area contributed by atoms with E-state index in [1.807, 2.05) is 6.92 Å². The minimum absolute atomic E-state index is 0. The molecule has 10 heavy (non-hydrogen) atoms. The maximum atomic E-state index is 8.90. The molecule has 0 aromatic carbocycles. The SMILES string of the molecule is Br.CCC1N(O)C=CN1O. The molecule has 1 aliphatic rings. The molecule has 5 heteroatoms. The molecule has 60 valence electrons. The van der Waals surface area contributed by atoms with Crippen LogP contribution in [0.15, 0.2) is 12.4 Å². The summed E-state index contributed by atoms with van der Waals surface area (Å²) in [6, 6.07) is 0. The highest BCUT2D eigenvalue weighted by atomic mass is 79.9. The first-order chi connectivity index (χ1) is 4.25. The second-order valence-corrected chi connectivity index (χ2v) is 1.95. The molecule has 0 aromatic heterocycles. The van der Waals surface area contributed by atoms with Crippen molar-refractivity contribution in [2.24, 2.45) is 0 Å². The number of halogens is 1. The summed E-state index contributed by atoms with van der Waals surface area (Å²) in [5.74, 6) is 0. The highest BCUT2D eigenvalue weighted by Gasteiger charge is 2.21. The summed E-state index contributed by atoms with van der Waals surface area (Å²) in [6.45, 7) is 1.88. The van der Waals surface area contributed by atoms with Gasteiger partial charge < -0.3 is 0 Å². The average Bonchev–Trinajstić information content (AvgIpc) is 2.12. The summed E-state index contributed by atoms with van der Waals surface area (Å²) in [7, 11) is 0. The summed E-state index contributed by atoms with van der Waals surface area (Å²) in [5.41, 5.74) is 0.